The number of nitrogens with zero attached hydrogens (tertiary/aromatic N) is 2. The largest absolute Gasteiger partial charge is 0.469 e. The Kier molecular flexibility index (Phi) is 18.6. The van der Waals surface area contributed by atoms with Gasteiger partial charge < -0.3 is 48.4 Å². The van der Waals surface area contributed by atoms with Gasteiger partial charge in [0.15, 0.2) is 18.3 Å². The van der Waals surface area contributed by atoms with E-state index >= 15 is 0 Å². The summed E-state index contributed by atoms with van der Waals surface area (Å²) in [6.45, 7) is 20.1. The van der Waals surface area contributed by atoms with Crippen molar-refractivity contribution < 1.29 is 61.9 Å². The fraction of sp³-hybridized carbons (Fsp3) is 0.509. The highest BCUT2D eigenvalue weighted by atomic mass is 32.2. The number of allylic oxidation sites excluding steroid dienone is 1. The Morgan fingerprint density at radius 2 is 1.44 bits per heavy atom. The van der Waals surface area contributed by atoms with Gasteiger partial charge in [0.2, 0.25) is 0 Å². The van der Waals surface area contributed by atoms with Crippen molar-refractivity contribution in [3.63, 3.8) is 0 Å². The minimum atomic E-state index is -1.23. The molecule has 388 valence electrons. The number of hydrogen-bond donors (Lipinski definition) is 3. The highest BCUT2D eigenvalue weighted by Crippen LogP contribution is 2.44. The van der Waals surface area contributed by atoms with E-state index in [9.17, 15) is 28.8 Å². The van der Waals surface area contributed by atoms with Crippen LogP contribution in [0, 0.1) is 13.8 Å². The van der Waals surface area contributed by atoms with Crippen LogP contribution in [0.3, 0.4) is 0 Å². The molecular weight excluding hydrogens is 947 g/mol. The molecule has 1 fully saturated rings. The minimum absolute atomic E-state index is 0.118. The average Bonchev–Trinajstić information content (AvgIpc) is 4.01. The first kappa shape index (κ1) is 55.0. The number of H-pyrrole nitrogens is 2. The number of aromatic amines is 2. The van der Waals surface area contributed by atoms with E-state index in [-0.39, 0.29) is 30.4 Å². The van der Waals surface area contributed by atoms with Gasteiger partial charge >= 0.3 is 35.8 Å². The predicted octanol–water partition coefficient (Wildman–Crippen LogP) is 7.42. The van der Waals surface area contributed by atoms with Gasteiger partial charge in [-0.1, -0.05) is 26.5 Å². The second-order valence-corrected chi connectivity index (χ2v) is 19.3. The molecule has 0 aliphatic carbocycles. The van der Waals surface area contributed by atoms with Crippen LogP contribution in [0.5, 0.6) is 0 Å². The average molecular weight is 1010 g/mol. The van der Waals surface area contributed by atoms with Crippen molar-refractivity contribution in [1.29, 1.82) is 0 Å². The molecular formula is C53H67N5O13S. The molecule has 0 aromatic carbocycles. The number of carbonyl (C=O) groups excluding carboxylic acids is 6. The van der Waals surface area contributed by atoms with Crippen molar-refractivity contribution >= 4 is 86.9 Å². The molecule has 7 atom stereocenters. The lowest BCUT2D eigenvalue weighted by Gasteiger charge is -2.44. The summed E-state index contributed by atoms with van der Waals surface area (Å²) in [5.41, 5.74) is 10.5. The van der Waals surface area contributed by atoms with Gasteiger partial charge in [0.05, 0.1) is 43.3 Å². The number of nitrogens with one attached hydrogen (secondary N) is 3. The van der Waals surface area contributed by atoms with E-state index in [1.807, 2.05) is 19.1 Å². The van der Waals surface area contributed by atoms with Crippen molar-refractivity contribution in [3.05, 3.63) is 75.4 Å². The fourth-order valence-corrected chi connectivity index (χ4v) is 10.9. The Bertz CT molecular complexity index is 2800. The molecule has 19 heteroatoms. The van der Waals surface area contributed by atoms with E-state index in [4.69, 9.17) is 43.1 Å². The smallest absolute Gasteiger partial charge is 0.340 e. The summed E-state index contributed by atoms with van der Waals surface area (Å²) in [7, 11) is 2.66. The van der Waals surface area contributed by atoms with Crippen LogP contribution in [0.2, 0.25) is 0 Å². The zero-order valence-electron chi connectivity index (χ0n) is 43.0. The van der Waals surface area contributed by atoms with Gasteiger partial charge in [-0.3, -0.25) is 29.0 Å². The summed E-state index contributed by atoms with van der Waals surface area (Å²) >= 11 is 1.32. The summed E-state index contributed by atoms with van der Waals surface area (Å²) < 4.78 is 38.8. The Hall–Kier alpha value is -6.31. The quantitative estimate of drug-likeness (QED) is 0.0602. The Morgan fingerprint density at radius 3 is 2.08 bits per heavy atom. The molecule has 0 amide bonds. The van der Waals surface area contributed by atoms with Crippen LogP contribution in [-0.2, 0) is 74.8 Å². The second-order valence-electron chi connectivity index (χ2n) is 18.1. The van der Waals surface area contributed by atoms with Crippen molar-refractivity contribution in [1.82, 2.24) is 25.3 Å². The lowest BCUT2D eigenvalue weighted by molar-refractivity contribution is -0.237. The van der Waals surface area contributed by atoms with Gasteiger partial charge in [0, 0.05) is 78.4 Å². The van der Waals surface area contributed by atoms with Crippen molar-refractivity contribution in [2.45, 2.75) is 136 Å². The number of hydrogen-bond acceptors (Lipinski definition) is 17. The van der Waals surface area contributed by atoms with E-state index < -0.39 is 65.7 Å². The number of aromatic nitrogens is 4. The molecule has 18 nitrogen and oxygen atoms in total. The van der Waals surface area contributed by atoms with Crippen LogP contribution < -0.4 is 5.32 Å². The van der Waals surface area contributed by atoms with Gasteiger partial charge in [0.25, 0.3) is 0 Å². The normalized spacial score (nSPS) is 20.6. The molecule has 6 heterocycles. The number of carbonyl (C=O) groups is 6. The predicted molar refractivity (Wildman–Crippen MR) is 272 cm³/mol. The molecule has 0 spiro atoms. The van der Waals surface area contributed by atoms with Crippen LogP contribution in [0.1, 0.15) is 130 Å². The monoisotopic (exact) mass is 1010 g/mol. The molecule has 0 unspecified atom stereocenters. The van der Waals surface area contributed by atoms with Crippen molar-refractivity contribution in [2.24, 2.45) is 0 Å². The first-order valence-corrected chi connectivity index (χ1v) is 25.2. The third kappa shape index (κ3) is 12.5. The topological polar surface area (TPSA) is 236 Å². The number of rotatable bonds is 19. The van der Waals surface area contributed by atoms with Crippen molar-refractivity contribution in [2.75, 3.05) is 39.7 Å². The van der Waals surface area contributed by atoms with Crippen LogP contribution in [0.25, 0.3) is 39.3 Å². The summed E-state index contributed by atoms with van der Waals surface area (Å²) in [5, 5.41) is 3.53. The molecule has 6 rings (SSSR count). The van der Waals surface area contributed by atoms with Gasteiger partial charge in [-0.2, -0.15) is 0 Å². The first-order chi connectivity index (χ1) is 34.3. The number of esters is 6. The summed E-state index contributed by atoms with van der Waals surface area (Å²) in [4.78, 5) is 93.4. The highest BCUT2D eigenvalue weighted by Gasteiger charge is 2.52. The SMILES string of the molecule is C=Cc1c(C)c2cc3nc(c(CC(=O)OC)c4nc(cc5[nH]c(cc1[nH]2)c(C)c5CC)C(C)=C4C(=O)OC)[C@@H](CCCNCCCS[C@@H]1O[C@H](COC(C)=O)[C@@H](OC(C)=O)[C@H](OC(C)=O)[C@H]1OC(C)=O)[C@@H]3C. The van der Waals surface area contributed by atoms with E-state index in [0.717, 1.165) is 56.4 Å². The van der Waals surface area contributed by atoms with Crippen molar-refractivity contribution in [3.8, 4) is 0 Å². The lowest BCUT2D eigenvalue weighted by atomic mass is 9.84. The Morgan fingerprint density at radius 1 is 0.792 bits per heavy atom. The molecule has 3 N–H and O–H groups in total. The van der Waals surface area contributed by atoms with E-state index in [1.54, 1.807) is 0 Å². The van der Waals surface area contributed by atoms with Gasteiger partial charge in [-0.05, 0) is 106 Å². The van der Waals surface area contributed by atoms with Crippen LogP contribution >= 0.6 is 11.8 Å². The molecule has 3 aromatic heterocycles. The Labute approximate surface area is 423 Å². The molecule has 3 aliphatic heterocycles. The number of fused-ring (bicyclic) bond motifs is 8. The van der Waals surface area contributed by atoms with Gasteiger partial charge in [-0.15, -0.1) is 11.8 Å². The molecule has 1 saturated heterocycles. The summed E-state index contributed by atoms with van der Waals surface area (Å²) in [5.74, 6) is -3.53. The summed E-state index contributed by atoms with van der Waals surface area (Å²) in [6.07, 6.45) is -0.187. The van der Waals surface area contributed by atoms with E-state index in [0.29, 0.717) is 66.3 Å². The number of ether oxygens (including phenoxy) is 7. The number of aryl methyl sites for hydroxylation is 3. The third-order valence-corrected chi connectivity index (χ3v) is 14.5. The zero-order valence-corrected chi connectivity index (χ0v) is 43.8. The van der Waals surface area contributed by atoms with Gasteiger partial charge in [-0.25, -0.2) is 9.78 Å². The standard InChI is InChI=1S/C53H67N5O13S/c1-13-34-26(3)38-22-40-28(5)36(17-15-18-54-19-16-20-72-53-51(70-33(10)62)50(69-32(9)61)49(68-31(8)60)44(71-53)25-67-30(7)59)47(57-40)37(21-45(63)65-11)48-46(52(64)66-12)29(6)41(58-48)24-43-35(14-2)27(4)39(56-43)23-42(34)55-38/h13,22-24,28,36,44,49-51,53-56H,1,14-21,25H2,2-12H3/t28-,36-,44+,49+,50-,51+,53-/m0/s1. The first-order valence-electron chi connectivity index (χ1n) is 24.2. The highest BCUT2D eigenvalue weighted by molar-refractivity contribution is 7.99. The molecule has 8 bridgehead atoms. The molecule has 0 saturated carbocycles. The Balaban J connectivity index is 1.30. The molecule has 0 radical (unpaired) electrons. The second kappa shape index (κ2) is 24.4. The maximum Gasteiger partial charge on any atom is 0.340 e. The molecule has 72 heavy (non-hydrogen) atoms. The van der Waals surface area contributed by atoms with Crippen LogP contribution in [-0.4, -0.2) is 125 Å². The maximum absolute atomic E-state index is 13.8. The van der Waals surface area contributed by atoms with Crippen LogP contribution in [0.4, 0.5) is 0 Å². The van der Waals surface area contributed by atoms with E-state index in [2.05, 4.69) is 61.7 Å². The number of thioether (sulfide) groups is 1. The maximum atomic E-state index is 13.8. The van der Waals surface area contributed by atoms with E-state index in [1.165, 1.54) is 53.7 Å². The fourth-order valence-electron chi connectivity index (χ4n) is 9.69. The lowest BCUT2D eigenvalue weighted by Crippen LogP contribution is -2.61. The number of methoxy groups -OCH3 is 2. The molecule has 3 aromatic rings. The van der Waals surface area contributed by atoms with Crippen LogP contribution in [0.15, 0.2) is 24.8 Å². The van der Waals surface area contributed by atoms with Gasteiger partial charge in [0.1, 0.15) is 18.1 Å². The summed E-state index contributed by atoms with van der Waals surface area (Å²) in [6, 6.07) is 6.10. The minimum Gasteiger partial charge on any atom is -0.469 e. The zero-order chi connectivity index (χ0) is 52.6. The molecule has 3 aliphatic rings. The third-order valence-electron chi connectivity index (χ3n) is 13.3.